The molecule has 0 amide bonds. The van der Waals surface area contributed by atoms with Crippen molar-refractivity contribution in [1.29, 1.82) is 0 Å². The quantitative estimate of drug-likeness (QED) is 0.220. The second-order valence-electron chi connectivity index (χ2n) is 11.7. The molecule has 0 aliphatic heterocycles. The number of hydrogen-bond acceptors (Lipinski definition) is 1. The molecule has 2 heterocycles. The number of benzene rings is 6. The van der Waals surface area contributed by atoms with Crippen LogP contribution < -0.4 is 0 Å². The number of nitrogens with zero attached hydrogens (tertiary/aromatic N) is 3. The summed E-state index contributed by atoms with van der Waals surface area (Å²) in [5, 5.41) is 5.10. The predicted octanol–water partition coefficient (Wildman–Crippen LogP) is 9.58. The second-order valence-corrected chi connectivity index (χ2v) is 11.7. The zero-order chi connectivity index (χ0) is 27.3. The Morgan fingerprint density at radius 1 is 0.610 bits per heavy atom. The van der Waals surface area contributed by atoms with Gasteiger partial charge in [0.2, 0.25) is 0 Å². The largest absolute Gasteiger partial charge is 0.306 e. The highest BCUT2D eigenvalue weighted by Crippen LogP contribution is 2.54. The van der Waals surface area contributed by atoms with Crippen LogP contribution in [0, 0.1) is 0 Å². The van der Waals surface area contributed by atoms with E-state index in [4.69, 9.17) is 4.98 Å². The molecule has 1 aliphatic rings. The van der Waals surface area contributed by atoms with E-state index in [0.29, 0.717) is 0 Å². The number of imidazole rings is 1. The van der Waals surface area contributed by atoms with Crippen LogP contribution in [0.4, 0.5) is 0 Å². The fourth-order valence-electron chi connectivity index (χ4n) is 7.21. The second kappa shape index (κ2) is 7.96. The Hall–Kier alpha value is -5.15. The Balaban J connectivity index is 1.44. The summed E-state index contributed by atoms with van der Waals surface area (Å²) in [4.78, 5) is 5.01. The third-order valence-electron chi connectivity index (χ3n) is 9.17. The van der Waals surface area contributed by atoms with Crippen molar-refractivity contribution < 1.29 is 0 Å². The van der Waals surface area contributed by atoms with Crippen molar-refractivity contribution >= 4 is 43.6 Å². The van der Waals surface area contributed by atoms with Crippen LogP contribution in [0.15, 0.2) is 128 Å². The van der Waals surface area contributed by atoms with Crippen LogP contribution in [0.1, 0.15) is 25.0 Å². The van der Waals surface area contributed by atoms with Crippen LogP contribution in [0.5, 0.6) is 0 Å². The summed E-state index contributed by atoms with van der Waals surface area (Å²) in [6, 6.07) is 44.0. The lowest BCUT2D eigenvalue weighted by Crippen LogP contribution is -2.14. The average Bonchev–Trinajstić information content (AvgIpc) is 3.66. The number of aromatic nitrogens is 3. The van der Waals surface area contributed by atoms with E-state index in [1.165, 1.54) is 54.8 Å². The van der Waals surface area contributed by atoms with Gasteiger partial charge in [0.1, 0.15) is 11.8 Å². The minimum Gasteiger partial charge on any atom is -0.306 e. The van der Waals surface area contributed by atoms with Crippen molar-refractivity contribution in [2.45, 2.75) is 19.3 Å². The van der Waals surface area contributed by atoms with Crippen LogP contribution in [0.25, 0.3) is 66.1 Å². The van der Waals surface area contributed by atoms with Crippen LogP contribution in [0.3, 0.4) is 0 Å². The van der Waals surface area contributed by atoms with Crippen molar-refractivity contribution in [1.82, 2.24) is 14.1 Å². The third-order valence-corrected chi connectivity index (χ3v) is 9.17. The molecule has 0 saturated heterocycles. The molecule has 0 spiro atoms. The molecular weight excluding hydrogens is 498 g/mol. The predicted molar refractivity (Wildman–Crippen MR) is 170 cm³/mol. The van der Waals surface area contributed by atoms with Gasteiger partial charge in [-0.3, -0.25) is 4.57 Å². The number of rotatable bonds is 2. The minimum absolute atomic E-state index is 0.106. The van der Waals surface area contributed by atoms with E-state index in [1.807, 2.05) is 6.33 Å². The highest BCUT2D eigenvalue weighted by atomic mass is 15.1. The molecule has 2 aromatic heterocycles. The lowest BCUT2D eigenvalue weighted by Gasteiger charge is -2.22. The first-order chi connectivity index (χ1) is 20.1. The molecule has 8 aromatic rings. The van der Waals surface area contributed by atoms with Crippen LogP contribution in [-0.2, 0) is 5.41 Å². The maximum absolute atomic E-state index is 5.01. The Labute approximate surface area is 237 Å². The first kappa shape index (κ1) is 22.6. The summed E-state index contributed by atoms with van der Waals surface area (Å²) in [6.07, 6.45) is 1.95. The third kappa shape index (κ3) is 2.95. The monoisotopic (exact) mass is 525 g/mol. The molecule has 41 heavy (non-hydrogen) atoms. The highest BCUT2D eigenvalue weighted by molar-refractivity contribution is 6.17. The number of para-hydroxylation sites is 3. The zero-order valence-electron chi connectivity index (χ0n) is 23.0. The van der Waals surface area contributed by atoms with Crippen molar-refractivity contribution in [2.24, 2.45) is 0 Å². The van der Waals surface area contributed by atoms with Gasteiger partial charge >= 0.3 is 0 Å². The maximum Gasteiger partial charge on any atom is 0.113 e. The Bertz CT molecular complexity index is 2330. The standard InChI is InChI=1S/C38H27N3/c1-38(2)30-20-19-28-27-15-8-9-16-32(27)41(37(28)35(30)29-21-24-11-6-7-12-25(24)22-31(29)38)34-18-10-17-33-36(34)39-23-40(33)26-13-4-3-5-14-26/h3-23H,1-2H3. The lowest BCUT2D eigenvalue weighted by atomic mass is 9.82. The van der Waals surface area contributed by atoms with Gasteiger partial charge in [0.25, 0.3) is 0 Å². The van der Waals surface area contributed by atoms with Gasteiger partial charge in [-0.2, -0.15) is 0 Å². The van der Waals surface area contributed by atoms with E-state index in [2.05, 4.69) is 144 Å². The van der Waals surface area contributed by atoms with E-state index in [0.717, 1.165) is 22.4 Å². The van der Waals surface area contributed by atoms with E-state index in [-0.39, 0.29) is 5.41 Å². The van der Waals surface area contributed by atoms with Gasteiger partial charge in [-0.05, 0) is 69.9 Å². The first-order valence-electron chi connectivity index (χ1n) is 14.2. The van der Waals surface area contributed by atoms with E-state index in [1.54, 1.807) is 0 Å². The Morgan fingerprint density at radius 3 is 2.20 bits per heavy atom. The number of fused-ring (bicyclic) bond motifs is 9. The zero-order valence-corrected chi connectivity index (χ0v) is 23.0. The van der Waals surface area contributed by atoms with Gasteiger partial charge < -0.3 is 4.57 Å². The summed E-state index contributed by atoms with van der Waals surface area (Å²) in [5.41, 5.74) is 12.1. The molecule has 3 heteroatoms. The summed E-state index contributed by atoms with van der Waals surface area (Å²) >= 11 is 0. The molecular formula is C38H27N3. The molecule has 0 atom stereocenters. The van der Waals surface area contributed by atoms with Gasteiger partial charge in [0.05, 0.1) is 22.2 Å². The molecule has 3 nitrogen and oxygen atoms in total. The van der Waals surface area contributed by atoms with Crippen molar-refractivity contribution in [3.63, 3.8) is 0 Å². The van der Waals surface area contributed by atoms with Crippen molar-refractivity contribution in [2.75, 3.05) is 0 Å². The first-order valence-corrected chi connectivity index (χ1v) is 14.2. The molecule has 0 fully saturated rings. The summed E-state index contributed by atoms with van der Waals surface area (Å²) in [6.45, 7) is 4.74. The fraction of sp³-hybridized carbons (Fsp3) is 0.0789. The van der Waals surface area contributed by atoms with Gasteiger partial charge in [0.15, 0.2) is 0 Å². The fourth-order valence-corrected chi connectivity index (χ4v) is 7.21. The molecule has 6 aromatic carbocycles. The normalized spacial score (nSPS) is 13.8. The van der Waals surface area contributed by atoms with Crippen LogP contribution in [-0.4, -0.2) is 14.1 Å². The Morgan fingerprint density at radius 2 is 1.34 bits per heavy atom. The molecule has 0 saturated carbocycles. The van der Waals surface area contributed by atoms with Gasteiger partial charge in [-0.1, -0.05) is 92.7 Å². The highest BCUT2D eigenvalue weighted by Gasteiger charge is 2.38. The lowest BCUT2D eigenvalue weighted by molar-refractivity contribution is 0.661. The molecule has 1 aliphatic carbocycles. The van der Waals surface area contributed by atoms with Gasteiger partial charge in [0, 0.05) is 27.4 Å². The topological polar surface area (TPSA) is 22.8 Å². The molecule has 0 unspecified atom stereocenters. The minimum atomic E-state index is -0.106. The van der Waals surface area contributed by atoms with Crippen LogP contribution in [0.2, 0.25) is 0 Å². The molecule has 0 bridgehead atoms. The molecule has 9 rings (SSSR count). The molecule has 0 radical (unpaired) electrons. The summed E-state index contributed by atoms with van der Waals surface area (Å²) < 4.78 is 4.65. The van der Waals surface area contributed by atoms with Crippen molar-refractivity contribution in [3.05, 3.63) is 139 Å². The summed E-state index contributed by atoms with van der Waals surface area (Å²) in [7, 11) is 0. The van der Waals surface area contributed by atoms with E-state index < -0.39 is 0 Å². The summed E-state index contributed by atoms with van der Waals surface area (Å²) in [5.74, 6) is 0. The SMILES string of the molecule is CC1(C)c2cc3ccccc3cc2-c2c1ccc1c3ccccc3n(-c3cccc4c3ncn4-c3ccccc3)c21. The smallest absolute Gasteiger partial charge is 0.113 e. The number of hydrogen-bond donors (Lipinski definition) is 0. The maximum atomic E-state index is 5.01. The van der Waals surface area contributed by atoms with E-state index in [9.17, 15) is 0 Å². The average molecular weight is 526 g/mol. The van der Waals surface area contributed by atoms with Gasteiger partial charge in [-0.15, -0.1) is 0 Å². The molecule has 0 N–H and O–H groups in total. The van der Waals surface area contributed by atoms with E-state index >= 15 is 0 Å². The van der Waals surface area contributed by atoms with Crippen molar-refractivity contribution in [3.8, 4) is 22.5 Å². The van der Waals surface area contributed by atoms with Gasteiger partial charge in [-0.25, -0.2) is 4.98 Å². The van der Waals surface area contributed by atoms with Crippen LogP contribution >= 0.6 is 0 Å². The molecule has 194 valence electrons. The Kier molecular flexibility index (Phi) is 4.39.